The Morgan fingerprint density at radius 2 is 1.88 bits per heavy atom. The van der Waals surface area contributed by atoms with Crippen molar-refractivity contribution in [3.63, 3.8) is 0 Å². The molecule has 2 aromatic heterocycles. The molecule has 0 saturated heterocycles. The van der Waals surface area contributed by atoms with Gasteiger partial charge in [-0.15, -0.1) is 0 Å². The van der Waals surface area contributed by atoms with Gasteiger partial charge in [-0.05, 0) is 39.7 Å². The molecule has 3 aromatic rings. The Bertz CT molecular complexity index is 976. The van der Waals surface area contributed by atoms with Gasteiger partial charge in [-0.25, -0.2) is 4.98 Å². The normalized spacial score (nSPS) is 11.7. The molecule has 0 aliphatic rings. The van der Waals surface area contributed by atoms with Crippen LogP contribution in [0.4, 0.5) is 11.5 Å². The van der Waals surface area contributed by atoms with Gasteiger partial charge in [0.05, 0.1) is 21.0 Å². The van der Waals surface area contributed by atoms with Crippen LogP contribution in [0.1, 0.15) is 13.8 Å². The maximum absolute atomic E-state index is 13.6. The maximum atomic E-state index is 13.6. The second-order valence-electron chi connectivity index (χ2n) is 5.37. The van der Waals surface area contributed by atoms with E-state index in [2.05, 4.69) is 41.2 Å². The van der Waals surface area contributed by atoms with Crippen molar-refractivity contribution in [3.8, 4) is 0 Å². The van der Waals surface area contributed by atoms with Gasteiger partial charge in [0, 0.05) is 30.9 Å². The Hall–Kier alpha value is -1.56. The Labute approximate surface area is 159 Å². The zero-order chi connectivity index (χ0) is 18.0. The number of fused-ring (bicyclic) bond motifs is 1. The molecule has 0 saturated carbocycles. The second kappa shape index (κ2) is 7.36. The van der Waals surface area contributed by atoms with Crippen molar-refractivity contribution in [2.75, 3.05) is 17.6 Å². The molecule has 6 nitrogen and oxygen atoms in total. The highest BCUT2D eigenvalue weighted by Gasteiger charge is 2.27. The third kappa shape index (κ3) is 3.54. The van der Waals surface area contributed by atoms with E-state index in [1.54, 1.807) is 18.6 Å². The highest BCUT2D eigenvalue weighted by molar-refractivity contribution is 9.10. The van der Waals surface area contributed by atoms with Crippen LogP contribution >= 0.6 is 34.7 Å². The van der Waals surface area contributed by atoms with Gasteiger partial charge in [-0.1, -0.05) is 13.8 Å². The van der Waals surface area contributed by atoms with Gasteiger partial charge in [0.1, 0.15) is 18.5 Å². The van der Waals surface area contributed by atoms with E-state index in [4.69, 9.17) is 11.6 Å². The lowest BCUT2D eigenvalue weighted by Gasteiger charge is -2.21. The quantitative estimate of drug-likeness (QED) is 0.461. The van der Waals surface area contributed by atoms with Gasteiger partial charge in [0.15, 0.2) is 0 Å². The van der Waals surface area contributed by atoms with Crippen molar-refractivity contribution in [2.45, 2.75) is 13.8 Å². The lowest BCUT2D eigenvalue weighted by atomic mass is 10.2. The van der Waals surface area contributed by atoms with E-state index in [1.165, 1.54) is 0 Å². The molecule has 2 heterocycles. The predicted molar refractivity (Wildman–Crippen MR) is 106 cm³/mol. The van der Waals surface area contributed by atoms with Crippen LogP contribution in [-0.4, -0.2) is 32.3 Å². The van der Waals surface area contributed by atoms with Crippen LogP contribution in [0, 0.1) is 0 Å². The van der Waals surface area contributed by atoms with E-state index in [0.717, 1.165) is 0 Å². The second-order valence-corrected chi connectivity index (χ2v) is 10.1. The van der Waals surface area contributed by atoms with Gasteiger partial charge in [-0.3, -0.25) is 9.97 Å². The Morgan fingerprint density at radius 1 is 1.16 bits per heavy atom. The van der Waals surface area contributed by atoms with Crippen molar-refractivity contribution in [2.24, 2.45) is 0 Å². The summed E-state index contributed by atoms with van der Waals surface area (Å²) in [5, 5.41) is 4.05. The third-order valence-electron chi connectivity index (χ3n) is 4.01. The molecule has 3 rings (SSSR count). The fraction of sp³-hybridized carbons (Fsp3) is 0.250. The van der Waals surface area contributed by atoms with Crippen molar-refractivity contribution < 1.29 is 4.57 Å². The molecule has 0 atom stereocenters. The number of anilines is 2. The van der Waals surface area contributed by atoms with Gasteiger partial charge < -0.3 is 9.88 Å². The van der Waals surface area contributed by atoms with Crippen LogP contribution in [0.5, 0.6) is 0 Å². The van der Waals surface area contributed by atoms with Crippen LogP contribution in [0.25, 0.3) is 11.0 Å². The highest BCUT2D eigenvalue weighted by atomic mass is 79.9. The standard InChI is InChI=1S/C16H16BrClN5OP/c1-3-25(24,4-2)14-12(6-5-11-13(14)20-8-7-19-11)22-15-10(17)9-21-16(18)23-15/h5-9H,3-4H2,1-2H3,(H,21,22,23). The zero-order valence-corrected chi connectivity index (χ0v) is 16.9. The summed E-state index contributed by atoms with van der Waals surface area (Å²) in [5.41, 5.74) is 2.05. The molecule has 25 heavy (non-hydrogen) atoms. The van der Waals surface area contributed by atoms with Crippen LogP contribution in [-0.2, 0) is 4.57 Å². The SMILES string of the molecule is CCP(=O)(CC)c1c(Nc2nc(Cl)ncc2Br)ccc2nccnc12. The summed E-state index contributed by atoms with van der Waals surface area (Å²) in [6.45, 7) is 3.86. The minimum absolute atomic E-state index is 0.127. The summed E-state index contributed by atoms with van der Waals surface area (Å²) >= 11 is 9.31. The Kier molecular flexibility index (Phi) is 5.37. The van der Waals surface area contributed by atoms with E-state index >= 15 is 0 Å². The molecule has 9 heteroatoms. The summed E-state index contributed by atoms with van der Waals surface area (Å²) in [4.78, 5) is 16.9. The average molecular weight is 441 g/mol. The number of hydrogen-bond donors (Lipinski definition) is 1. The van der Waals surface area contributed by atoms with Crippen LogP contribution in [0.3, 0.4) is 0 Å². The minimum Gasteiger partial charge on any atom is -0.338 e. The molecule has 0 amide bonds. The van der Waals surface area contributed by atoms with Crippen LogP contribution in [0.2, 0.25) is 5.28 Å². The van der Waals surface area contributed by atoms with E-state index in [1.807, 2.05) is 26.0 Å². The summed E-state index contributed by atoms with van der Waals surface area (Å²) in [5.74, 6) is 0.503. The zero-order valence-electron chi connectivity index (χ0n) is 13.7. The minimum atomic E-state index is -2.64. The summed E-state index contributed by atoms with van der Waals surface area (Å²) < 4.78 is 14.2. The average Bonchev–Trinajstić information content (AvgIpc) is 2.64. The maximum Gasteiger partial charge on any atom is 0.224 e. The fourth-order valence-corrected chi connectivity index (χ4v) is 5.27. The molecule has 0 fully saturated rings. The number of nitrogens with zero attached hydrogens (tertiary/aromatic N) is 4. The predicted octanol–water partition coefficient (Wildman–Crippen LogP) is 4.61. The molecule has 0 radical (unpaired) electrons. The van der Waals surface area contributed by atoms with Gasteiger partial charge >= 0.3 is 0 Å². The molecule has 0 unspecified atom stereocenters. The Morgan fingerprint density at radius 3 is 2.60 bits per heavy atom. The largest absolute Gasteiger partial charge is 0.338 e. The van der Waals surface area contributed by atoms with Gasteiger partial charge in [0.25, 0.3) is 0 Å². The molecule has 0 aliphatic carbocycles. The van der Waals surface area contributed by atoms with Crippen molar-refractivity contribution in [1.29, 1.82) is 0 Å². The first-order chi connectivity index (χ1) is 12.0. The molecular weight excluding hydrogens is 425 g/mol. The number of halogens is 2. The first-order valence-electron chi connectivity index (χ1n) is 7.76. The number of rotatable bonds is 5. The molecule has 1 N–H and O–H groups in total. The summed E-state index contributed by atoms with van der Waals surface area (Å²) in [6.07, 6.45) is 5.89. The third-order valence-corrected chi connectivity index (χ3v) is 8.08. The first kappa shape index (κ1) is 18.2. The molecular formula is C16H16BrClN5OP. The lowest BCUT2D eigenvalue weighted by Crippen LogP contribution is -2.17. The van der Waals surface area contributed by atoms with Crippen molar-refractivity contribution in [3.05, 3.63) is 40.5 Å². The molecule has 1 aromatic carbocycles. The Balaban J connectivity index is 2.24. The van der Waals surface area contributed by atoms with Crippen molar-refractivity contribution >= 4 is 62.5 Å². The summed E-state index contributed by atoms with van der Waals surface area (Å²) in [7, 11) is -2.64. The van der Waals surface area contributed by atoms with E-state index in [0.29, 0.717) is 44.6 Å². The first-order valence-corrected chi connectivity index (χ1v) is 11.0. The van der Waals surface area contributed by atoms with Crippen LogP contribution in [0.15, 0.2) is 35.2 Å². The van der Waals surface area contributed by atoms with Crippen LogP contribution < -0.4 is 10.6 Å². The molecule has 0 aliphatic heterocycles. The molecule has 0 bridgehead atoms. The van der Waals surface area contributed by atoms with Gasteiger partial charge in [-0.2, -0.15) is 4.98 Å². The smallest absolute Gasteiger partial charge is 0.224 e. The van der Waals surface area contributed by atoms with Crippen molar-refractivity contribution in [1.82, 2.24) is 19.9 Å². The molecule has 0 spiro atoms. The van der Waals surface area contributed by atoms with E-state index in [-0.39, 0.29) is 5.28 Å². The van der Waals surface area contributed by atoms with E-state index < -0.39 is 7.14 Å². The topological polar surface area (TPSA) is 80.7 Å². The monoisotopic (exact) mass is 439 g/mol. The number of hydrogen-bond acceptors (Lipinski definition) is 6. The highest BCUT2D eigenvalue weighted by Crippen LogP contribution is 2.47. The number of aromatic nitrogens is 4. The summed E-state index contributed by atoms with van der Waals surface area (Å²) in [6, 6.07) is 3.70. The fourth-order valence-electron chi connectivity index (χ4n) is 2.64. The van der Waals surface area contributed by atoms with Gasteiger partial charge in [0.2, 0.25) is 5.28 Å². The number of benzene rings is 1. The lowest BCUT2D eigenvalue weighted by molar-refractivity contribution is 0.582. The number of nitrogens with one attached hydrogen (secondary N) is 1. The molecule has 130 valence electrons. The van der Waals surface area contributed by atoms with E-state index in [9.17, 15) is 4.57 Å².